The molecule has 110 valence electrons. The standard InChI is InChI=1S/C11H13BrN2O5S/c1-13(5-6-20(2,18)19)11(15)9-7-8(14(16)17)3-4-10(9)12/h3-4,7H,5-6H2,1-2H3. The third kappa shape index (κ3) is 4.57. The van der Waals surface area contributed by atoms with Gasteiger partial charge in [-0.15, -0.1) is 0 Å². The smallest absolute Gasteiger partial charge is 0.270 e. The van der Waals surface area contributed by atoms with Crippen LogP contribution < -0.4 is 0 Å². The molecular formula is C11H13BrN2O5S. The topological polar surface area (TPSA) is 97.6 Å². The molecule has 1 aromatic carbocycles. The van der Waals surface area contributed by atoms with Crippen molar-refractivity contribution in [1.29, 1.82) is 0 Å². The summed E-state index contributed by atoms with van der Waals surface area (Å²) in [5.74, 6) is -0.647. The Labute approximate surface area is 124 Å². The van der Waals surface area contributed by atoms with Crippen LogP contribution in [0.15, 0.2) is 22.7 Å². The van der Waals surface area contributed by atoms with Crippen molar-refractivity contribution in [2.24, 2.45) is 0 Å². The Morgan fingerprint density at radius 3 is 2.55 bits per heavy atom. The summed E-state index contributed by atoms with van der Waals surface area (Å²) in [5, 5.41) is 10.7. The summed E-state index contributed by atoms with van der Waals surface area (Å²) >= 11 is 3.15. The normalized spacial score (nSPS) is 11.2. The molecule has 0 atom stereocenters. The molecule has 0 aliphatic carbocycles. The van der Waals surface area contributed by atoms with Crippen molar-refractivity contribution in [2.75, 3.05) is 25.6 Å². The summed E-state index contributed by atoms with van der Waals surface area (Å²) in [7, 11) is -1.74. The quantitative estimate of drug-likeness (QED) is 0.581. The molecule has 20 heavy (non-hydrogen) atoms. The molecule has 7 nitrogen and oxygen atoms in total. The third-order valence-electron chi connectivity index (χ3n) is 2.54. The molecule has 1 rings (SSSR count). The number of hydrogen-bond donors (Lipinski definition) is 0. The lowest BCUT2D eigenvalue weighted by Crippen LogP contribution is -2.31. The Bertz CT molecular complexity index is 644. The first-order chi connectivity index (χ1) is 9.11. The van der Waals surface area contributed by atoms with Gasteiger partial charge in [-0.05, 0) is 22.0 Å². The summed E-state index contributed by atoms with van der Waals surface area (Å²) < 4.78 is 22.6. The van der Waals surface area contributed by atoms with Crippen LogP contribution in [0.1, 0.15) is 10.4 Å². The third-order valence-corrected chi connectivity index (χ3v) is 4.15. The molecule has 0 saturated carbocycles. The monoisotopic (exact) mass is 364 g/mol. The highest BCUT2D eigenvalue weighted by Gasteiger charge is 2.19. The molecule has 1 amide bonds. The maximum Gasteiger partial charge on any atom is 0.270 e. The summed E-state index contributed by atoms with van der Waals surface area (Å²) in [6, 6.07) is 3.84. The van der Waals surface area contributed by atoms with Gasteiger partial charge in [-0.25, -0.2) is 8.42 Å². The molecule has 0 bridgehead atoms. The van der Waals surface area contributed by atoms with Crippen LogP contribution in [0.5, 0.6) is 0 Å². The van der Waals surface area contributed by atoms with Gasteiger partial charge in [-0.3, -0.25) is 14.9 Å². The fourth-order valence-corrected chi connectivity index (χ4v) is 2.42. The van der Waals surface area contributed by atoms with Gasteiger partial charge >= 0.3 is 0 Å². The number of carbonyl (C=O) groups excluding carboxylic acids is 1. The van der Waals surface area contributed by atoms with Crippen molar-refractivity contribution in [3.63, 3.8) is 0 Å². The average molecular weight is 365 g/mol. The Morgan fingerprint density at radius 1 is 1.45 bits per heavy atom. The fraction of sp³-hybridized carbons (Fsp3) is 0.364. The zero-order valence-electron chi connectivity index (χ0n) is 10.9. The van der Waals surface area contributed by atoms with E-state index in [-0.39, 0.29) is 23.5 Å². The number of carbonyl (C=O) groups is 1. The van der Waals surface area contributed by atoms with Crippen LogP contribution >= 0.6 is 15.9 Å². The Morgan fingerprint density at radius 2 is 2.05 bits per heavy atom. The van der Waals surface area contributed by atoms with Gasteiger partial charge in [0.1, 0.15) is 9.84 Å². The van der Waals surface area contributed by atoms with Crippen molar-refractivity contribution in [1.82, 2.24) is 4.90 Å². The largest absolute Gasteiger partial charge is 0.341 e. The van der Waals surface area contributed by atoms with Crippen molar-refractivity contribution in [3.05, 3.63) is 38.3 Å². The minimum absolute atomic E-state index is 0.0206. The number of amides is 1. The highest BCUT2D eigenvalue weighted by atomic mass is 79.9. The molecule has 0 radical (unpaired) electrons. The van der Waals surface area contributed by atoms with E-state index in [9.17, 15) is 23.3 Å². The van der Waals surface area contributed by atoms with E-state index in [2.05, 4.69) is 15.9 Å². The maximum absolute atomic E-state index is 12.1. The molecule has 0 spiro atoms. The van der Waals surface area contributed by atoms with Gasteiger partial charge in [-0.2, -0.15) is 0 Å². The molecule has 0 aromatic heterocycles. The Kier molecular flexibility index (Phi) is 5.23. The summed E-state index contributed by atoms with van der Waals surface area (Å²) in [6.07, 6.45) is 1.08. The second-order valence-corrected chi connectivity index (χ2v) is 7.39. The average Bonchev–Trinajstić information content (AvgIpc) is 2.34. The number of nitro benzene ring substituents is 1. The number of benzene rings is 1. The van der Waals surface area contributed by atoms with Crippen LogP contribution in [0.2, 0.25) is 0 Å². The second-order valence-electron chi connectivity index (χ2n) is 4.28. The highest BCUT2D eigenvalue weighted by molar-refractivity contribution is 9.10. The van der Waals surface area contributed by atoms with Crippen LogP contribution in [0.25, 0.3) is 0 Å². The number of hydrogen-bond acceptors (Lipinski definition) is 5. The number of halogens is 1. The van der Waals surface area contributed by atoms with E-state index in [0.29, 0.717) is 4.47 Å². The van der Waals surface area contributed by atoms with Gasteiger partial charge in [0.2, 0.25) is 0 Å². The number of sulfone groups is 1. The Hall–Kier alpha value is -1.48. The van der Waals surface area contributed by atoms with E-state index < -0.39 is 20.7 Å². The van der Waals surface area contributed by atoms with Crippen molar-refractivity contribution in [3.8, 4) is 0 Å². The second kappa shape index (κ2) is 6.31. The zero-order chi connectivity index (χ0) is 15.5. The molecule has 0 aliphatic rings. The molecule has 0 N–H and O–H groups in total. The molecule has 0 saturated heterocycles. The molecular weight excluding hydrogens is 352 g/mol. The van der Waals surface area contributed by atoms with E-state index in [0.717, 1.165) is 12.3 Å². The summed E-state index contributed by atoms with van der Waals surface area (Å²) in [5.41, 5.74) is -0.0803. The van der Waals surface area contributed by atoms with Crippen molar-refractivity contribution in [2.45, 2.75) is 0 Å². The first-order valence-electron chi connectivity index (χ1n) is 5.49. The van der Waals surface area contributed by atoms with E-state index in [1.165, 1.54) is 24.1 Å². The summed E-state index contributed by atoms with van der Waals surface area (Å²) in [6.45, 7) is 0.0206. The van der Waals surface area contributed by atoms with Crippen LogP contribution in [0, 0.1) is 10.1 Å². The number of nitro groups is 1. The van der Waals surface area contributed by atoms with E-state index in [1.54, 1.807) is 0 Å². The van der Waals surface area contributed by atoms with Gasteiger partial charge in [0, 0.05) is 36.5 Å². The van der Waals surface area contributed by atoms with Crippen molar-refractivity contribution >= 4 is 37.4 Å². The lowest BCUT2D eigenvalue weighted by molar-refractivity contribution is -0.384. The van der Waals surface area contributed by atoms with Crippen LogP contribution in [0.4, 0.5) is 5.69 Å². The number of non-ortho nitro benzene ring substituents is 1. The number of nitrogens with zero attached hydrogens (tertiary/aromatic N) is 2. The SMILES string of the molecule is CN(CCS(C)(=O)=O)C(=O)c1cc([N+](=O)[O-])ccc1Br. The summed E-state index contributed by atoms with van der Waals surface area (Å²) in [4.78, 5) is 23.5. The maximum atomic E-state index is 12.1. The van der Waals surface area contributed by atoms with Gasteiger partial charge in [0.25, 0.3) is 11.6 Å². The fourth-order valence-electron chi connectivity index (χ4n) is 1.40. The predicted molar refractivity (Wildman–Crippen MR) is 77.5 cm³/mol. The van der Waals surface area contributed by atoms with E-state index in [1.807, 2.05) is 0 Å². The molecule has 0 heterocycles. The lowest BCUT2D eigenvalue weighted by atomic mass is 10.2. The van der Waals surface area contributed by atoms with E-state index >= 15 is 0 Å². The van der Waals surface area contributed by atoms with Crippen LogP contribution in [-0.2, 0) is 9.84 Å². The van der Waals surface area contributed by atoms with Crippen molar-refractivity contribution < 1.29 is 18.1 Å². The first-order valence-corrected chi connectivity index (χ1v) is 8.34. The highest BCUT2D eigenvalue weighted by Crippen LogP contribution is 2.23. The molecule has 0 aliphatic heterocycles. The van der Waals surface area contributed by atoms with Gasteiger partial charge in [0.05, 0.1) is 16.2 Å². The number of rotatable bonds is 5. The Balaban J connectivity index is 2.96. The molecule has 0 unspecified atom stereocenters. The van der Waals surface area contributed by atoms with Gasteiger partial charge in [0.15, 0.2) is 0 Å². The van der Waals surface area contributed by atoms with Gasteiger partial charge in [-0.1, -0.05) is 0 Å². The zero-order valence-corrected chi connectivity index (χ0v) is 13.3. The van der Waals surface area contributed by atoms with Crippen LogP contribution in [-0.4, -0.2) is 49.7 Å². The molecule has 0 fully saturated rings. The minimum Gasteiger partial charge on any atom is -0.341 e. The first kappa shape index (κ1) is 16.6. The molecule has 1 aromatic rings. The molecule has 9 heteroatoms. The minimum atomic E-state index is -3.18. The lowest BCUT2D eigenvalue weighted by Gasteiger charge is -2.17. The van der Waals surface area contributed by atoms with Crippen LogP contribution in [0.3, 0.4) is 0 Å². The van der Waals surface area contributed by atoms with E-state index in [4.69, 9.17) is 0 Å². The van der Waals surface area contributed by atoms with Gasteiger partial charge < -0.3 is 4.90 Å². The predicted octanol–water partition coefficient (Wildman–Crippen LogP) is 1.47.